The van der Waals surface area contributed by atoms with Gasteiger partial charge in [-0.1, -0.05) is 25.4 Å². The third kappa shape index (κ3) is 3.52. The number of rotatable bonds is 3. The SMILES string of the molecule is COC(=O)c1ccc(S(=O)(=O)N2CCC(N)C(C)(C)C2)cc1Cl. The Hall–Kier alpha value is -1.15. The lowest BCUT2D eigenvalue weighted by Gasteiger charge is -2.41. The van der Waals surface area contributed by atoms with Gasteiger partial charge in [0.25, 0.3) is 0 Å². The van der Waals surface area contributed by atoms with Gasteiger partial charge in [-0.05, 0) is 30.0 Å². The third-order valence-corrected chi connectivity index (χ3v) is 6.41. The van der Waals surface area contributed by atoms with Crippen molar-refractivity contribution in [2.45, 2.75) is 31.2 Å². The highest BCUT2D eigenvalue weighted by atomic mass is 35.5. The van der Waals surface area contributed by atoms with Gasteiger partial charge in [-0.3, -0.25) is 0 Å². The molecule has 2 N–H and O–H groups in total. The minimum Gasteiger partial charge on any atom is -0.465 e. The molecule has 0 radical (unpaired) electrons. The van der Waals surface area contributed by atoms with Crippen LogP contribution < -0.4 is 5.73 Å². The number of ether oxygens (including phenoxy) is 1. The number of halogens is 1. The van der Waals surface area contributed by atoms with Crippen LogP contribution in [-0.4, -0.2) is 44.9 Å². The predicted octanol–water partition coefficient (Wildman–Crippen LogP) is 1.87. The molecule has 0 saturated carbocycles. The number of benzene rings is 1. The van der Waals surface area contributed by atoms with Crippen LogP contribution in [0.4, 0.5) is 0 Å². The van der Waals surface area contributed by atoms with Gasteiger partial charge in [0.2, 0.25) is 10.0 Å². The Morgan fingerprint density at radius 2 is 2.09 bits per heavy atom. The average molecular weight is 361 g/mol. The van der Waals surface area contributed by atoms with Crippen LogP contribution in [0.3, 0.4) is 0 Å². The number of esters is 1. The van der Waals surface area contributed by atoms with E-state index in [0.717, 1.165) is 0 Å². The molecule has 1 aliphatic rings. The maximum absolute atomic E-state index is 12.8. The quantitative estimate of drug-likeness (QED) is 0.831. The molecule has 1 atom stereocenters. The van der Waals surface area contributed by atoms with E-state index in [1.807, 2.05) is 13.8 Å². The average Bonchev–Trinajstić information content (AvgIpc) is 2.48. The molecular formula is C15H21ClN2O4S. The predicted molar refractivity (Wildman–Crippen MR) is 87.9 cm³/mol. The number of nitrogens with zero attached hydrogens (tertiary/aromatic N) is 1. The summed E-state index contributed by atoms with van der Waals surface area (Å²) in [6.45, 7) is 4.61. The van der Waals surface area contributed by atoms with Crippen molar-refractivity contribution < 1.29 is 17.9 Å². The highest BCUT2D eigenvalue weighted by Crippen LogP contribution is 2.32. The first-order valence-electron chi connectivity index (χ1n) is 7.23. The summed E-state index contributed by atoms with van der Waals surface area (Å²) >= 11 is 6.02. The molecule has 2 rings (SSSR count). The molecule has 1 saturated heterocycles. The molecule has 8 heteroatoms. The number of carbonyl (C=O) groups excluding carboxylic acids is 1. The molecule has 1 aliphatic heterocycles. The van der Waals surface area contributed by atoms with Crippen LogP contribution in [0.2, 0.25) is 5.02 Å². The smallest absolute Gasteiger partial charge is 0.339 e. The van der Waals surface area contributed by atoms with Gasteiger partial charge >= 0.3 is 5.97 Å². The monoisotopic (exact) mass is 360 g/mol. The van der Waals surface area contributed by atoms with E-state index < -0.39 is 16.0 Å². The number of methoxy groups -OCH3 is 1. The first-order chi connectivity index (χ1) is 10.6. The molecule has 0 bridgehead atoms. The number of hydrogen-bond acceptors (Lipinski definition) is 5. The van der Waals surface area contributed by atoms with E-state index in [1.165, 1.54) is 29.6 Å². The van der Waals surface area contributed by atoms with E-state index in [-0.39, 0.29) is 26.9 Å². The van der Waals surface area contributed by atoms with E-state index in [9.17, 15) is 13.2 Å². The van der Waals surface area contributed by atoms with E-state index in [2.05, 4.69) is 4.74 Å². The molecule has 6 nitrogen and oxygen atoms in total. The summed E-state index contributed by atoms with van der Waals surface area (Å²) in [5.41, 5.74) is 5.88. The highest BCUT2D eigenvalue weighted by Gasteiger charge is 2.39. The van der Waals surface area contributed by atoms with Gasteiger partial charge in [-0.2, -0.15) is 4.31 Å². The van der Waals surface area contributed by atoms with Crippen LogP contribution in [-0.2, 0) is 14.8 Å². The summed E-state index contributed by atoms with van der Waals surface area (Å²) in [6, 6.07) is 3.97. The van der Waals surface area contributed by atoms with Gasteiger partial charge in [-0.25, -0.2) is 13.2 Å². The topological polar surface area (TPSA) is 89.7 Å². The molecule has 0 aromatic heterocycles. The second kappa shape index (κ2) is 6.39. The fraction of sp³-hybridized carbons (Fsp3) is 0.533. The van der Waals surface area contributed by atoms with Gasteiger partial charge in [-0.15, -0.1) is 0 Å². The minimum absolute atomic E-state index is 0.0424. The van der Waals surface area contributed by atoms with Gasteiger partial charge in [0, 0.05) is 19.1 Å². The summed E-state index contributed by atoms with van der Waals surface area (Å²) in [6.07, 6.45) is 0.597. The summed E-state index contributed by atoms with van der Waals surface area (Å²) < 4.78 is 31.6. The van der Waals surface area contributed by atoms with Crippen molar-refractivity contribution in [3.8, 4) is 0 Å². The van der Waals surface area contributed by atoms with Crippen molar-refractivity contribution in [1.82, 2.24) is 4.31 Å². The van der Waals surface area contributed by atoms with Crippen LogP contribution in [0.1, 0.15) is 30.6 Å². The van der Waals surface area contributed by atoms with Gasteiger partial charge in [0.1, 0.15) is 0 Å². The first kappa shape index (κ1) is 18.2. The van der Waals surface area contributed by atoms with Gasteiger partial charge < -0.3 is 10.5 Å². The Bertz CT molecular complexity index is 718. The highest BCUT2D eigenvalue weighted by molar-refractivity contribution is 7.89. The molecule has 128 valence electrons. The van der Waals surface area contributed by atoms with Crippen molar-refractivity contribution in [2.75, 3.05) is 20.2 Å². The Kier molecular flexibility index (Phi) is 5.06. The lowest BCUT2D eigenvalue weighted by atomic mass is 9.81. The fourth-order valence-electron chi connectivity index (χ4n) is 2.61. The normalized spacial score (nSPS) is 21.9. The Morgan fingerprint density at radius 1 is 1.43 bits per heavy atom. The number of piperidine rings is 1. The Morgan fingerprint density at radius 3 is 2.61 bits per heavy atom. The van der Waals surface area contributed by atoms with Crippen LogP contribution in [0.5, 0.6) is 0 Å². The second-order valence-corrected chi connectivity index (χ2v) is 8.70. The van der Waals surface area contributed by atoms with Crippen molar-refractivity contribution in [3.05, 3.63) is 28.8 Å². The summed E-state index contributed by atoms with van der Waals surface area (Å²) in [7, 11) is -2.45. The summed E-state index contributed by atoms with van der Waals surface area (Å²) in [5.74, 6) is -0.607. The maximum atomic E-state index is 12.8. The molecule has 1 unspecified atom stereocenters. The molecule has 1 aromatic carbocycles. The van der Waals surface area contributed by atoms with E-state index in [0.29, 0.717) is 19.5 Å². The zero-order valence-electron chi connectivity index (χ0n) is 13.4. The maximum Gasteiger partial charge on any atom is 0.339 e. The van der Waals surface area contributed by atoms with Crippen LogP contribution in [0.25, 0.3) is 0 Å². The van der Waals surface area contributed by atoms with Crippen LogP contribution in [0, 0.1) is 5.41 Å². The largest absolute Gasteiger partial charge is 0.465 e. The van der Waals surface area contributed by atoms with Crippen molar-refractivity contribution in [2.24, 2.45) is 11.1 Å². The van der Waals surface area contributed by atoms with Gasteiger partial charge in [0.15, 0.2) is 0 Å². The Balaban J connectivity index is 2.34. The lowest BCUT2D eigenvalue weighted by Crippen LogP contribution is -2.53. The number of hydrogen-bond donors (Lipinski definition) is 1. The zero-order valence-corrected chi connectivity index (χ0v) is 14.9. The zero-order chi connectivity index (χ0) is 17.4. The second-order valence-electron chi connectivity index (χ2n) is 6.36. The summed E-state index contributed by atoms with van der Waals surface area (Å²) in [5, 5.41) is 0.0471. The van der Waals surface area contributed by atoms with Crippen molar-refractivity contribution in [1.29, 1.82) is 0 Å². The Labute approximate surface area is 141 Å². The first-order valence-corrected chi connectivity index (χ1v) is 9.05. The molecule has 1 fully saturated rings. The fourth-order valence-corrected chi connectivity index (χ4v) is 4.59. The number of nitrogens with two attached hydrogens (primary N) is 1. The van der Waals surface area contributed by atoms with Crippen LogP contribution >= 0.6 is 11.6 Å². The van der Waals surface area contributed by atoms with Crippen molar-refractivity contribution >= 4 is 27.6 Å². The molecule has 0 amide bonds. The lowest BCUT2D eigenvalue weighted by molar-refractivity contribution is 0.0601. The standard InChI is InChI=1S/C15H21ClN2O4S/c1-15(2)9-18(7-6-13(15)17)23(20,21)10-4-5-11(12(16)8-10)14(19)22-3/h4-5,8,13H,6-7,9,17H2,1-3H3. The van der Waals surface area contributed by atoms with E-state index in [1.54, 1.807) is 0 Å². The molecule has 1 heterocycles. The van der Waals surface area contributed by atoms with E-state index >= 15 is 0 Å². The molecular weight excluding hydrogens is 340 g/mol. The van der Waals surface area contributed by atoms with Crippen LogP contribution in [0.15, 0.2) is 23.1 Å². The van der Waals surface area contributed by atoms with Gasteiger partial charge in [0.05, 0.1) is 22.6 Å². The number of sulfonamides is 1. The third-order valence-electron chi connectivity index (χ3n) is 4.26. The molecule has 0 aliphatic carbocycles. The minimum atomic E-state index is -3.69. The van der Waals surface area contributed by atoms with Crippen molar-refractivity contribution in [3.63, 3.8) is 0 Å². The summed E-state index contributed by atoms with van der Waals surface area (Å²) in [4.78, 5) is 11.6. The molecule has 0 spiro atoms. The molecule has 1 aromatic rings. The van der Waals surface area contributed by atoms with E-state index in [4.69, 9.17) is 17.3 Å². The molecule has 23 heavy (non-hydrogen) atoms. The number of carbonyl (C=O) groups is 1.